The van der Waals surface area contributed by atoms with E-state index in [1.165, 1.54) is 0 Å². The number of hydrogen-bond donors (Lipinski definition) is 1. The number of primary amides is 1. The second kappa shape index (κ2) is 3.01. The summed E-state index contributed by atoms with van der Waals surface area (Å²) in [6.07, 6.45) is 2.79. The van der Waals surface area contributed by atoms with Crippen LogP contribution in [0.15, 0.2) is 0 Å². The minimum atomic E-state index is -0.272. The lowest BCUT2D eigenvalue weighted by Gasteiger charge is -2.14. The minimum absolute atomic E-state index is 0.109. The quantitative estimate of drug-likeness (QED) is 0.639. The van der Waals surface area contributed by atoms with Gasteiger partial charge in [0.25, 0.3) is 0 Å². The maximum absolute atomic E-state index is 11.5. The van der Waals surface area contributed by atoms with Crippen LogP contribution in [0.25, 0.3) is 0 Å². The Labute approximate surface area is 77.1 Å². The average molecular weight is 182 g/mol. The molecule has 4 heteroatoms. The van der Waals surface area contributed by atoms with Crippen molar-refractivity contribution < 1.29 is 9.59 Å². The molecule has 1 heterocycles. The highest BCUT2D eigenvalue weighted by Crippen LogP contribution is 2.32. The van der Waals surface area contributed by atoms with E-state index < -0.39 is 0 Å². The Bertz CT molecular complexity index is 248. The summed E-state index contributed by atoms with van der Waals surface area (Å²) in [5.74, 6) is 0.101. The summed E-state index contributed by atoms with van der Waals surface area (Å²) in [5.41, 5.74) is 5.17. The van der Waals surface area contributed by atoms with Crippen LogP contribution in [-0.4, -0.2) is 29.8 Å². The summed E-state index contributed by atoms with van der Waals surface area (Å²) in [7, 11) is 0. The fourth-order valence-corrected chi connectivity index (χ4v) is 1.78. The van der Waals surface area contributed by atoms with Crippen molar-refractivity contribution in [2.45, 2.75) is 19.3 Å². The van der Waals surface area contributed by atoms with Crippen molar-refractivity contribution in [1.82, 2.24) is 4.90 Å². The van der Waals surface area contributed by atoms with E-state index in [4.69, 9.17) is 5.73 Å². The topological polar surface area (TPSA) is 63.4 Å². The van der Waals surface area contributed by atoms with Gasteiger partial charge in [0.2, 0.25) is 11.8 Å². The lowest BCUT2D eigenvalue weighted by molar-refractivity contribution is -0.131. The zero-order valence-electron chi connectivity index (χ0n) is 7.53. The molecule has 0 radical (unpaired) electrons. The Morgan fingerprint density at radius 3 is 2.31 bits per heavy atom. The molecule has 0 aromatic heterocycles. The summed E-state index contributed by atoms with van der Waals surface area (Å²) in [4.78, 5) is 24.2. The van der Waals surface area contributed by atoms with Gasteiger partial charge in [-0.2, -0.15) is 0 Å². The summed E-state index contributed by atoms with van der Waals surface area (Å²) < 4.78 is 0. The van der Waals surface area contributed by atoms with Crippen LogP contribution in [0.3, 0.4) is 0 Å². The highest BCUT2D eigenvalue weighted by molar-refractivity contribution is 5.83. The van der Waals surface area contributed by atoms with Crippen molar-refractivity contribution >= 4 is 11.8 Å². The third kappa shape index (κ3) is 1.66. The fourth-order valence-electron chi connectivity index (χ4n) is 1.78. The lowest BCUT2D eigenvalue weighted by atomic mass is 10.1. The Balaban J connectivity index is 1.90. The molecule has 2 rings (SSSR count). The van der Waals surface area contributed by atoms with Crippen LogP contribution in [0.4, 0.5) is 0 Å². The molecule has 2 amide bonds. The van der Waals surface area contributed by atoms with Gasteiger partial charge in [-0.15, -0.1) is 0 Å². The molecule has 1 unspecified atom stereocenters. The number of amides is 2. The first-order valence-electron chi connectivity index (χ1n) is 4.76. The van der Waals surface area contributed by atoms with Crippen LogP contribution >= 0.6 is 0 Å². The van der Waals surface area contributed by atoms with Crippen molar-refractivity contribution in [2.75, 3.05) is 13.1 Å². The zero-order valence-corrected chi connectivity index (χ0v) is 7.53. The summed E-state index contributed by atoms with van der Waals surface area (Å²) in [6.45, 7) is 1.26. The Kier molecular flexibility index (Phi) is 1.98. The second-order valence-corrected chi connectivity index (χ2v) is 3.95. The molecule has 0 aromatic rings. The summed E-state index contributed by atoms with van der Waals surface area (Å²) in [6, 6.07) is 0. The molecule has 0 bridgehead atoms. The van der Waals surface area contributed by atoms with E-state index in [0.29, 0.717) is 13.1 Å². The van der Waals surface area contributed by atoms with Crippen molar-refractivity contribution in [1.29, 1.82) is 0 Å². The van der Waals surface area contributed by atoms with Gasteiger partial charge >= 0.3 is 0 Å². The molecule has 4 nitrogen and oxygen atoms in total. The largest absolute Gasteiger partial charge is 0.369 e. The Hall–Kier alpha value is -1.06. The number of likely N-dealkylation sites (tertiary alicyclic amines) is 1. The predicted molar refractivity (Wildman–Crippen MR) is 46.6 cm³/mol. The number of rotatable bonds is 2. The van der Waals surface area contributed by atoms with Gasteiger partial charge in [-0.1, -0.05) is 0 Å². The van der Waals surface area contributed by atoms with E-state index >= 15 is 0 Å². The molecule has 1 saturated heterocycles. The first-order chi connectivity index (χ1) is 6.18. The van der Waals surface area contributed by atoms with E-state index in [0.717, 1.165) is 19.3 Å². The molecule has 13 heavy (non-hydrogen) atoms. The smallest absolute Gasteiger partial charge is 0.225 e. The van der Waals surface area contributed by atoms with Gasteiger partial charge in [0.05, 0.1) is 5.92 Å². The normalized spacial score (nSPS) is 27.7. The zero-order chi connectivity index (χ0) is 9.42. The third-order valence-corrected chi connectivity index (χ3v) is 2.83. The maximum atomic E-state index is 11.5. The Morgan fingerprint density at radius 2 is 1.85 bits per heavy atom. The molecular weight excluding hydrogens is 168 g/mol. The van der Waals surface area contributed by atoms with E-state index in [2.05, 4.69) is 0 Å². The van der Waals surface area contributed by atoms with Gasteiger partial charge in [0.1, 0.15) is 0 Å². The molecule has 1 aliphatic heterocycles. The molecule has 72 valence electrons. The molecule has 0 aromatic carbocycles. The van der Waals surface area contributed by atoms with Gasteiger partial charge in [-0.3, -0.25) is 9.59 Å². The van der Waals surface area contributed by atoms with Crippen LogP contribution < -0.4 is 5.73 Å². The van der Waals surface area contributed by atoms with E-state index in [1.54, 1.807) is 4.90 Å². The molecule has 0 spiro atoms. The standard InChI is InChI=1S/C9H14N2O2/c10-8(12)7-3-4-11(5-7)9(13)6-1-2-6/h6-7H,1-5H2,(H2,10,12). The Morgan fingerprint density at radius 1 is 1.15 bits per heavy atom. The van der Waals surface area contributed by atoms with Gasteiger partial charge in [0, 0.05) is 19.0 Å². The highest BCUT2D eigenvalue weighted by Gasteiger charge is 2.37. The first-order valence-corrected chi connectivity index (χ1v) is 4.76. The first kappa shape index (κ1) is 8.53. The van der Waals surface area contributed by atoms with Crippen LogP contribution in [0.1, 0.15) is 19.3 Å². The monoisotopic (exact) mass is 182 g/mol. The van der Waals surface area contributed by atoms with Gasteiger partial charge < -0.3 is 10.6 Å². The number of nitrogens with two attached hydrogens (primary N) is 1. The van der Waals surface area contributed by atoms with E-state index in [-0.39, 0.29) is 23.7 Å². The second-order valence-electron chi connectivity index (χ2n) is 3.95. The predicted octanol–water partition coefficient (Wildman–Crippen LogP) is -0.270. The van der Waals surface area contributed by atoms with E-state index in [1.807, 2.05) is 0 Å². The fraction of sp³-hybridized carbons (Fsp3) is 0.778. The number of carbonyl (C=O) groups is 2. The SMILES string of the molecule is NC(=O)C1CCN(C(=O)C2CC2)C1. The number of nitrogens with zero attached hydrogens (tertiary/aromatic N) is 1. The van der Waals surface area contributed by atoms with Crippen molar-refractivity contribution in [3.8, 4) is 0 Å². The molecule has 1 atom stereocenters. The number of carbonyl (C=O) groups excluding carboxylic acids is 2. The van der Waals surface area contributed by atoms with Crippen LogP contribution in [-0.2, 0) is 9.59 Å². The minimum Gasteiger partial charge on any atom is -0.369 e. The van der Waals surface area contributed by atoms with Crippen LogP contribution in [0, 0.1) is 11.8 Å². The van der Waals surface area contributed by atoms with Crippen molar-refractivity contribution in [2.24, 2.45) is 17.6 Å². The molecule has 2 N–H and O–H groups in total. The molecule has 1 saturated carbocycles. The molecule has 1 aliphatic carbocycles. The maximum Gasteiger partial charge on any atom is 0.225 e. The number of hydrogen-bond acceptors (Lipinski definition) is 2. The van der Waals surface area contributed by atoms with Gasteiger partial charge in [-0.25, -0.2) is 0 Å². The van der Waals surface area contributed by atoms with Crippen molar-refractivity contribution in [3.63, 3.8) is 0 Å². The third-order valence-electron chi connectivity index (χ3n) is 2.83. The van der Waals surface area contributed by atoms with Crippen molar-refractivity contribution in [3.05, 3.63) is 0 Å². The lowest BCUT2D eigenvalue weighted by Crippen LogP contribution is -2.32. The highest BCUT2D eigenvalue weighted by atomic mass is 16.2. The molecular formula is C9H14N2O2. The molecule has 2 aliphatic rings. The van der Waals surface area contributed by atoms with E-state index in [9.17, 15) is 9.59 Å². The molecule has 2 fully saturated rings. The van der Waals surface area contributed by atoms with Crippen LogP contribution in [0.2, 0.25) is 0 Å². The van der Waals surface area contributed by atoms with Crippen LogP contribution in [0.5, 0.6) is 0 Å². The summed E-state index contributed by atoms with van der Waals surface area (Å²) in [5, 5.41) is 0. The van der Waals surface area contributed by atoms with Gasteiger partial charge in [-0.05, 0) is 19.3 Å². The average Bonchev–Trinajstić information content (AvgIpc) is 2.81. The van der Waals surface area contributed by atoms with Gasteiger partial charge in [0.15, 0.2) is 0 Å². The summed E-state index contributed by atoms with van der Waals surface area (Å²) >= 11 is 0.